The number of hydrogen-bond acceptors (Lipinski definition) is 6. The summed E-state index contributed by atoms with van der Waals surface area (Å²) in [5.41, 5.74) is 1.06. The lowest BCUT2D eigenvalue weighted by molar-refractivity contribution is -0.127. The topological polar surface area (TPSA) is 64.6 Å². The van der Waals surface area contributed by atoms with E-state index in [0.29, 0.717) is 12.1 Å². The molecule has 2 aromatic rings. The zero-order chi connectivity index (χ0) is 25.3. The molecule has 37 heavy (non-hydrogen) atoms. The van der Waals surface area contributed by atoms with Crippen molar-refractivity contribution in [3.63, 3.8) is 0 Å². The first-order valence-corrected chi connectivity index (χ1v) is 14.4. The van der Waals surface area contributed by atoms with E-state index < -0.39 is 0 Å². The van der Waals surface area contributed by atoms with E-state index in [9.17, 15) is 4.79 Å². The maximum absolute atomic E-state index is 12.7. The first-order valence-electron chi connectivity index (χ1n) is 14.4. The van der Waals surface area contributed by atoms with Gasteiger partial charge in [0.05, 0.1) is 0 Å². The fourth-order valence-electron chi connectivity index (χ4n) is 5.99. The fraction of sp³-hybridized carbons (Fsp3) is 0.567. The first-order chi connectivity index (χ1) is 18.2. The van der Waals surface area contributed by atoms with E-state index >= 15 is 0 Å². The van der Waals surface area contributed by atoms with Crippen LogP contribution < -0.4 is 10.2 Å². The maximum Gasteiger partial charge on any atom is 0.246 e. The first kappa shape index (κ1) is 25.7. The Morgan fingerprint density at radius 2 is 1.62 bits per heavy atom. The summed E-state index contributed by atoms with van der Waals surface area (Å²) >= 11 is 0. The number of nitrogens with one attached hydrogen (secondary N) is 1. The molecule has 0 bridgehead atoms. The predicted octanol–water partition coefficient (Wildman–Crippen LogP) is 4.83. The van der Waals surface area contributed by atoms with Gasteiger partial charge in [-0.05, 0) is 62.8 Å². The van der Waals surface area contributed by atoms with Crippen LogP contribution in [0, 0.1) is 0 Å². The maximum atomic E-state index is 12.7. The molecule has 5 rings (SSSR count). The molecule has 3 saturated heterocycles. The SMILES string of the molecule is O=C(C=Cc1ccccc1)N1CCC(N2CCCCC(Nc3nccc(N4CCCCCC4)n3)C2)CC1. The Hall–Kier alpha value is -2.93. The largest absolute Gasteiger partial charge is 0.356 e. The molecule has 0 saturated carbocycles. The molecule has 7 heteroatoms. The minimum absolute atomic E-state index is 0.124. The van der Waals surface area contributed by atoms with Crippen LogP contribution in [0.2, 0.25) is 0 Å². The molecule has 3 fully saturated rings. The summed E-state index contributed by atoms with van der Waals surface area (Å²) in [6, 6.07) is 13.0. The Labute approximate surface area is 222 Å². The van der Waals surface area contributed by atoms with E-state index in [4.69, 9.17) is 4.98 Å². The number of anilines is 2. The van der Waals surface area contributed by atoms with Gasteiger partial charge in [-0.25, -0.2) is 4.98 Å². The van der Waals surface area contributed by atoms with Crippen LogP contribution in [0.5, 0.6) is 0 Å². The summed E-state index contributed by atoms with van der Waals surface area (Å²) in [7, 11) is 0. The van der Waals surface area contributed by atoms with Crippen molar-refractivity contribution in [2.45, 2.75) is 69.9 Å². The molecule has 198 valence electrons. The van der Waals surface area contributed by atoms with Crippen LogP contribution in [0.3, 0.4) is 0 Å². The number of piperidine rings is 1. The third-order valence-electron chi connectivity index (χ3n) is 8.12. The number of nitrogens with zero attached hydrogens (tertiary/aromatic N) is 5. The van der Waals surface area contributed by atoms with Gasteiger partial charge in [-0.2, -0.15) is 4.98 Å². The molecule has 1 amide bonds. The van der Waals surface area contributed by atoms with Crippen LogP contribution in [0.25, 0.3) is 6.08 Å². The summed E-state index contributed by atoms with van der Waals surface area (Å²) < 4.78 is 0. The summed E-state index contributed by atoms with van der Waals surface area (Å²) in [5, 5.41) is 3.68. The zero-order valence-electron chi connectivity index (χ0n) is 22.1. The number of hydrogen-bond donors (Lipinski definition) is 1. The van der Waals surface area contributed by atoms with Crippen LogP contribution in [0.15, 0.2) is 48.7 Å². The van der Waals surface area contributed by atoms with Crippen molar-refractivity contribution in [2.75, 3.05) is 49.5 Å². The van der Waals surface area contributed by atoms with Crippen LogP contribution in [0.4, 0.5) is 11.8 Å². The van der Waals surface area contributed by atoms with Crippen molar-refractivity contribution >= 4 is 23.7 Å². The smallest absolute Gasteiger partial charge is 0.246 e. The molecule has 1 aromatic carbocycles. The highest BCUT2D eigenvalue weighted by atomic mass is 16.2. The molecule has 4 heterocycles. The number of likely N-dealkylation sites (tertiary alicyclic amines) is 2. The third-order valence-corrected chi connectivity index (χ3v) is 8.12. The van der Waals surface area contributed by atoms with Crippen LogP contribution in [-0.2, 0) is 4.79 Å². The number of rotatable bonds is 6. The van der Waals surface area contributed by atoms with Crippen molar-refractivity contribution in [1.29, 1.82) is 0 Å². The van der Waals surface area contributed by atoms with E-state index in [1.54, 1.807) is 6.08 Å². The van der Waals surface area contributed by atoms with Gasteiger partial charge in [0.1, 0.15) is 5.82 Å². The summed E-state index contributed by atoms with van der Waals surface area (Å²) in [6.45, 7) is 6.01. The second-order valence-electron chi connectivity index (χ2n) is 10.8. The zero-order valence-corrected chi connectivity index (χ0v) is 22.1. The highest BCUT2D eigenvalue weighted by Gasteiger charge is 2.29. The van der Waals surface area contributed by atoms with Gasteiger partial charge in [0.15, 0.2) is 0 Å². The van der Waals surface area contributed by atoms with Gasteiger partial charge in [-0.1, -0.05) is 49.6 Å². The number of carbonyl (C=O) groups is 1. The number of carbonyl (C=O) groups excluding carboxylic acids is 1. The molecular weight excluding hydrogens is 460 g/mol. The van der Waals surface area contributed by atoms with Crippen molar-refractivity contribution in [1.82, 2.24) is 19.8 Å². The molecule has 0 aliphatic carbocycles. The lowest BCUT2D eigenvalue weighted by atomic mass is 10.0. The second-order valence-corrected chi connectivity index (χ2v) is 10.8. The third kappa shape index (κ3) is 7.31. The van der Waals surface area contributed by atoms with Gasteiger partial charge in [-0.15, -0.1) is 0 Å². The van der Waals surface area contributed by atoms with Crippen molar-refractivity contribution in [2.24, 2.45) is 0 Å². The van der Waals surface area contributed by atoms with Crippen molar-refractivity contribution in [3.8, 4) is 0 Å². The van der Waals surface area contributed by atoms with Crippen molar-refractivity contribution in [3.05, 3.63) is 54.2 Å². The molecule has 3 aliphatic heterocycles. The molecule has 3 aliphatic rings. The van der Waals surface area contributed by atoms with E-state index in [-0.39, 0.29) is 5.91 Å². The number of benzene rings is 1. The van der Waals surface area contributed by atoms with Gasteiger partial charge in [0, 0.05) is 57.1 Å². The standard InChI is InChI=1S/C30H42N6O/c37-29(14-13-25-10-4-3-5-11-25)35-22-16-27(17-23-35)36-21-9-6-12-26(24-36)32-30-31-18-15-28(33-30)34-19-7-1-2-8-20-34/h3-5,10-11,13-15,18,26-27H,1-2,6-9,12,16-17,19-24H2,(H,31,32,33). The summed E-state index contributed by atoms with van der Waals surface area (Å²) in [5.74, 6) is 1.95. The minimum Gasteiger partial charge on any atom is -0.356 e. The minimum atomic E-state index is 0.124. The van der Waals surface area contributed by atoms with Gasteiger partial charge in [-0.3, -0.25) is 9.69 Å². The van der Waals surface area contributed by atoms with Crippen LogP contribution >= 0.6 is 0 Å². The van der Waals surface area contributed by atoms with Gasteiger partial charge in [0.2, 0.25) is 11.9 Å². The average Bonchev–Trinajstić information content (AvgIpc) is 3.36. The van der Waals surface area contributed by atoms with Gasteiger partial charge < -0.3 is 15.1 Å². The molecule has 0 spiro atoms. The average molecular weight is 503 g/mol. The lowest BCUT2D eigenvalue weighted by Crippen LogP contribution is -2.48. The Morgan fingerprint density at radius 3 is 2.41 bits per heavy atom. The highest BCUT2D eigenvalue weighted by molar-refractivity contribution is 5.91. The molecule has 1 aromatic heterocycles. The predicted molar refractivity (Wildman–Crippen MR) is 151 cm³/mol. The quantitative estimate of drug-likeness (QED) is 0.571. The van der Waals surface area contributed by atoms with Crippen molar-refractivity contribution < 1.29 is 4.79 Å². The fourth-order valence-corrected chi connectivity index (χ4v) is 5.99. The Balaban J connectivity index is 1.13. The summed E-state index contributed by atoms with van der Waals surface area (Å²) in [6.07, 6.45) is 16.4. The summed E-state index contributed by atoms with van der Waals surface area (Å²) in [4.78, 5) is 29.3. The molecule has 1 unspecified atom stereocenters. The molecule has 1 N–H and O–H groups in total. The normalized spacial score (nSPS) is 22.5. The molecule has 0 radical (unpaired) electrons. The van der Waals surface area contributed by atoms with Crippen LogP contribution in [0.1, 0.15) is 63.4 Å². The number of aromatic nitrogens is 2. The Kier molecular flexibility index (Phi) is 9.06. The van der Waals surface area contributed by atoms with E-state index in [2.05, 4.69) is 26.2 Å². The lowest BCUT2D eigenvalue weighted by Gasteiger charge is -2.39. The van der Waals surface area contributed by atoms with Crippen LogP contribution in [-0.4, -0.2) is 77.0 Å². The molecular formula is C30H42N6O. The molecule has 1 atom stereocenters. The van der Waals surface area contributed by atoms with E-state index in [1.807, 2.05) is 47.5 Å². The van der Waals surface area contributed by atoms with E-state index in [1.165, 1.54) is 38.5 Å². The van der Waals surface area contributed by atoms with Gasteiger partial charge >= 0.3 is 0 Å². The monoisotopic (exact) mass is 502 g/mol. The highest BCUT2D eigenvalue weighted by Crippen LogP contribution is 2.23. The van der Waals surface area contributed by atoms with Gasteiger partial charge in [0.25, 0.3) is 0 Å². The Bertz CT molecular complexity index is 1010. The molecule has 7 nitrogen and oxygen atoms in total. The van der Waals surface area contributed by atoms with E-state index in [0.717, 1.165) is 75.9 Å². The second kappa shape index (κ2) is 13.0. The Morgan fingerprint density at radius 1 is 0.865 bits per heavy atom. The number of amides is 1.